The number of hydrogen-bond acceptors (Lipinski definition) is 3. The average Bonchev–Trinajstić information content (AvgIpc) is 3.05. The van der Waals surface area contributed by atoms with Gasteiger partial charge in [-0.25, -0.2) is 0 Å². The molecule has 18 heavy (non-hydrogen) atoms. The molecule has 2 heterocycles. The van der Waals surface area contributed by atoms with Crippen molar-refractivity contribution in [3.05, 3.63) is 53.0 Å². The zero-order valence-electron chi connectivity index (χ0n) is 10.2. The molecule has 1 aromatic heterocycles. The first-order chi connectivity index (χ1) is 8.81. The minimum atomic E-state index is -0.0145. The van der Waals surface area contributed by atoms with Crippen LogP contribution in [0.1, 0.15) is 34.2 Å². The van der Waals surface area contributed by atoms with Crippen LogP contribution in [-0.2, 0) is 12.8 Å². The topological polar surface area (TPSA) is 39.4 Å². The van der Waals surface area contributed by atoms with Gasteiger partial charge < -0.3 is 9.15 Å². The van der Waals surface area contributed by atoms with Gasteiger partial charge in [0.05, 0.1) is 24.0 Å². The van der Waals surface area contributed by atoms with E-state index in [2.05, 4.69) is 0 Å². The highest BCUT2D eigenvalue weighted by Crippen LogP contribution is 2.31. The van der Waals surface area contributed by atoms with Crippen molar-refractivity contribution in [2.24, 2.45) is 0 Å². The fraction of sp³-hybridized carbons (Fsp3) is 0.267. The Hall–Kier alpha value is -2.03. The fourth-order valence-electron chi connectivity index (χ4n) is 2.36. The largest absolute Gasteiger partial charge is 0.492 e. The molecule has 0 amide bonds. The van der Waals surface area contributed by atoms with E-state index in [1.54, 1.807) is 12.3 Å². The highest BCUT2D eigenvalue weighted by Gasteiger charge is 2.23. The third-order valence-corrected chi connectivity index (χ3v) is 3.27. The maximum Gasteiger partial charge on any atom is 0.200 e. The van der Waals surface area contributed by atoms with Crippen molar-refractivity contribution in [2.75, 3.05) is 6.61 Å². The Balaban J connectivity index is 2.06. The monoisotopic (exact) mass is 242 g/mol. The molecule has 1 aromatic carbocycles. The predicted molar refractivity (Wildman–Crippen MR) is 67.2 cm³/mol. The van der Waals surface area contributed by atoms with Crippen LogP contribution in [0.25, 0.3) is 0 Å². The van der Waals surface area contributed by atoms with Gasteiger partial charge in [0, 0.05) is 12.8 Å². The first kappa shape index (κ1) is 11.1. The first-order valence-corrected chi connectivity index (χ1v) is 6.17. The molecule has 0 saturated heterocycles. The molecule has 3 rings (SSSR count). The van der Waals surface area contributed by atoms with Crippen LogP contribution in [-0.4, -0.2) is 12.4 Å². The Morgan fingerprint density at radius 3 is 3.00 bits per heavy atom. The van der Waals surface area contributed by atoms with E-state index >= 15 is 0 Å². The van der Waals surface area contributed by atoms with Gasteiger partial charge in [0.15, 0.2) is 5.78 Å². The molecule has 1 aliphatic heterocycles. The van der Waals surface area contributed by atoms with Crippen LogP contribution >= 0.6 is 0 Å². The predicted octanol–water partition coefficient (Wildman–Crippen LogP) is 3.01. The Labute approximate surface area is 105 Å². The standard InChI is InChI=1S/C15H14O3/c1-2-13-11(7-9-17-13)14(16)12-5-3-4-10-6-8-18-15(10)12/h3-5,7,9H,2,6,8H2,1H3. The molecule has 0 spiro atoms. The summed E-state index contributed by atoms with van der Waals surface area (Å²) >= 11 is 0. The lowest BCUT2D eigenvalue weighted by Gasteiger charge is -2.06. The molecule has 0 atom stereocenters. The number of carbonyl (C=O) groups excluding carboxylic acids is 1. The fourth-order valence-corrected chi connectivity index (χ4v) is 2.36. The quantitative estimate of drug-likeness (QED) is 0.777. The number of aryl methyl sites for hydroxylation is 1. The molecule has 2 aromatic rings. The van der Waals surface area contributed by atoms with E-state index < -0.39 is 0 Å². The lowest BCUT2D eigenvalue weighted by molar-refractivity contribution is 0.103. The minimum absolute atomic E-state index is 0.0145. The number of fused-ring (bicyclic) bond motifs is 1. The lowest BCUT2D eigenvalue weighted by Crippen LogP contribution is -2.04. The molecule has 1 aliphatic rings. The molecule has 3 nitrogen and oxygen atoms in total. The highest BCUT2D eigenvalue weighted by atomic mass is 16.5. The van der Waals surface area contributed by atoms with Gasteiger partial charge in [-0.3, -0.25) is 4.79 Å². The van der Waals surface area contributed by atoms with Crippen LogP contribution in [0.3, 0.4) is 0 Å². The van der Waals surface area contributed by atoms with Gasteiger partial charge in [-0.05, 0) is 17.7 Å². The van der Waals surface area contributed by atoms with Gasteiger partial charge in [0.25, 0.3) is 0 Å². The number of rotatable bonds is 3. The van der Waals surface area contributed by atoms with Crippen LogP contribution in [0, 0.1) is 0 Å². The van der Waals surface area contributed by atoms with E-state index in [4.69, 9.17) is 9.15 Å². The number of hydrogen-bond donors (Lipinski definition) is 0. The normalized spacial score (nSPS) is 13.2. The summed E-state index contributed by atoms with van der Waals surface area (Å²) in [5.74, 6) is 1.46. The summed E-state index contributed by atoms with van der Waals surface area (Å²) in [4.78, 5) is 12.5. The average molecular weight is 242 g/mol. The van der Waals surface area contributed by atoms with Gasteiger partial charge in [0.1, 0.15) is 11.5 Å². The van der Waals surface area contributed by atoms with Crippen LogP contribution in [0.5, 0.6) is 5.75 Å². The SMILES string of the molecule is CCc1occc1C(=O)c1cccc2c1OCC2. The van der Waals surface area contributed by atoms with Crippen molar-refractivity contribution < 1.29 is 13.9 Å². The Kier molecular flexibility index (Phi) is 2.67. The minimum Gasteiger partial charge on any atom is -0.492 e. The number of para-hydroxylation sites is 1. The van der Waals surface area contributed by atoms with Gasteiger partial charge >= 0.3 is 0 Å². The molecule has 0 radical (unpaired) electrons. The molecule has 92 valence electrons. The van der Waals surface area contributed by atoms with Crippen LogP contribution < -0.4 is 4.74 Å². The molecule has 0 unspecified atom stereocenters. The van der Waals surface area contributed by atoms with E-state index in [1.807, 2.05) is 25.1 Å². The van der Waals surface area contributed by atoms with E-state index in [9.17, 15) is 4.79 Å². The molecule has 0 bridgehead atoms. The summed E-state index contributed by atoms with van der Waals surface area (Å²) in [5, 5.41) is 0. The van der Waals surface area contributed by atoms with Crippen LogP contribution in [0.15, 0.2) is 34.9 Å². The zero-order chi connectivity index (χ0) is 12.5. The van der Waals surface area contributed by atoms with Crippen LogP contribution in [0.2, 0.25) is 0 Å². The molecular formula is C15H14O3. The maximum absolute atomic E-state index is 12.5. The molecule has 0 aliphatic carbocycles. The first-order valence-electron chi connectivity index (χ1n) is 6.17. The van der Waals surface area contributed by atoms with Crippen molar-refractivity contribution >= 4 is 5.78 Å². The van der Waals surface area contributed by atoms with Gasteiger partial charge in [-0.15, -0.1) is 0 Å². The van der Waals surface area contributed by atoms with Crippen molar-refractivity contribution in [1.29, 1.82) is 0 Å². The van der Waals surface area contributed by atoms with Crippen molar-refractivity contribution in [2.45, 2.75) is 19.8 Å². The highest BCUT2D eigenvalue weighted by molar-refractivity contribution is 6.11. The number of carbonyl (C=O) groups is 1. The van der Waals surface area contributed by atoms with Crippen molar-refractivity contribution in [3.8, 4) is 5.75 Å². The number of ketones is 1. The summed E-state index contributed by atoms with van der Waals surface area (Å²) in [6.45, 7) is 2.63. The maximum atomic E-state index is 12.5. The smallest absolute Gasteiger partial charge is 0.200 e. The lowest BCUT2D eigenvalue weighted by atomic mass is 9.99. The zero-order valence-corrected chi connectivity index (χ0v) is 10.2. The number of ether oxygens (including phenoxy) is 1. The third kappa shape index (κ3) is 1.63. The van der Waals surface area contributed by atoms with Crippen LogP contribution in [0.4, 0.5) is 0 Å². The van der Waals surface area contributed by atoms with Gasteiger partial charge in [-0.1, -0.05) is 19.1 Å². The van der Waals surface area contributed by atoms with Crippen molar-refractivity contribution in [3.63, 3.8) is 0 Å². The second-order valence-corrected chi connectivity index (χ2v) is 4.33. The van der Waals surface area contributed by atoms with E-state index in [0.717, 1.165) is 23.5 Å². The van der Waals surface area contributed by atoms with E-state index in [1.165, 1.54) is 0 Å². The summed E-state index contributed by atoms with van der Waals surface area (Å²) < 4.78 is 10.9. The summed E-state index contributed by atoms with van der Waals surface area (Å²) in [6, 6.07) is 7.47. The second kappa shape index (κ2) is 4.33. The molecule has 0 saturated carbocycles. The molecular weight excluding hydrogens is 228 g/mol. The number of furan rings is 1. The Bertz CT molecular complexity index is 596. The number of benzene rings is 1. The molecule has 3 heteroatoms. The summed E-state index contributed by atoms with van der Waals surface area (Å²) in [5.41, 5.74) is 2.39. The second-order valence-electron chi connectivity index (χ2n) is 4.33. The van der Waals surface area contributed by atoms with E-state index in [0.29, 0.717) is 24.2 Å². The summed E-state index contributed by atoms with van der Waals surface area (Å²) in [7, 11) is 0. The van der Waals surface area contributed by atoms with Gasteiger partial charge in [-0.2, -0.15) is 0 Å². The Morgan fingerprint density at radius 2 is 2.17 bits per heavy atom. The summed E-state index contributed by atoms with van der Waals surface area (Å²) in [6.07, 6.45) is 3.16. The van der Waals surface area contributed by atoms with Gasteiger partial charge in [0.2, 0.25) is 0 Å². The van der Waals surface area contributed by atoms with Crippen molar-refractivity contribution in [1.82, 2.24) is 0 Å². The molecule has 0 fully saturated rings. The van der Waals surface area contributed by atoms with E-state index in [-0.39, 0.29) is 5.78 Å². The third-order valence-electron chi connectivity index (χ3n) is 3.27. The molecule has 0 N–H and O–H groups in total. The Morgan fingerprint density at radius 1 is 1.28 bits per heavy atom.